The van der Waals surface area contributed by atoms with E-state index >= 15 is 0 Å². The average Bonchev–Trinajstić information content (AvgIpc) is 2.61. The van der Waals surface area contributed by atoms with Crippen molar-refractivity contribution in [2.75, 3.05) is 18.8 Å². The lowest BCUT2D eigenvalue weighted by Gasteiger charge is -2.11. The standard InChI is InChI=1S/C18H21Cl2N3OS/c1-2-21-18(23-13-14-8-9-15(19)12-17(14)20)22-10-11-25(24)16-6-4-3-5-7-16/h3-9,12H,2,10-11,13H2,1H3,(H2,21,22,23). The molecular weight excluding hydrogens is 377 g/mol. The predicted octanol–water partition coefficient (Wildman–Crippen LogP) is 3.86. The van der Waals surface area contributed by atoms with Crippen LogP contribution in [0.2, 0.25) is 10.0 Å². The molecule has 1 atom stereocenters. The average molecular weight is 398 g/mol. The lowest BCUT2D eigenvalue weighted by Crippen LogP contribution is -2.39. The largest absolute Gasteiger partial charge is 0.357 e. The van der Waals surface area contributed by atoms with Gasteiger partial charge in [0.25, 0.3) is 0 Å². The second kappa shape index (κ2) is 10.4. The summed E-state index contributed by atoms with van der Waals surface area (Å²) in [5, 5.41) is 7.56. The first-order valence-corrected chi connectivity index (χ1v) is 10.1. The molecule has 0 heterocycles. The maximum atomic E-state index is 12.2. The van der Waals surface area contributed by atoms with Crippen molar-refractivity contribution in [2.45, 2.75) is 18.4 Å². The van der Waals surface area contributed by atoms with E-state index in [0.717, 1.165) is 17.0 Å². The lowest BCUT2D eigenvalue weighted by atomic mass is 10.2. The van der Waals surface area contributed by atoms with Crippen molar-refractivity contribution in [3.8, 4) is 0 Å². The number of benzene rings is 2. The van der Waals surface area contributed by atoms with Crippen LogP contribution in [0.15, 0.2) is 58.4 Å². The molecule has 0 saturated carbocycles. The molecule has 7 heteroatoms. The lowest BCUT2D eigenvalue weighted by molar-refractivity contribution is 0.681. The first-order valence-electron chi connectivity index (χ1n) is 7.99. The van der Waals surface area contributed by atoms with Crippen LogP contribution in [-0.4, -0.2) is 29.0 Å². The topological polar surface area (TPSA) is 53.5 Å². The van der Waals surface area contributed by atoms with E-state index in [2.05, 4.69) is 15.6 Å². The van der Waals surface area contributed by atoms with Crippen LogP contribution in [0.4, 0.5) is 0 Å². The molecule has 0 aliphatic rings. The van der Waals surface area contributed by atoms with E-state index in [4.69, 9.17) is 23.2 Å². The van der Waals surface area contributed by atoms with Crippen LogP contribution in [0.25, 0.3) is 0 Å². The Morgan fingerprint density at radius 1 is 1.12 bits per heavy atom. The number of nitrogens with zero attached hydrogens (tertiary/aromatic N) is 1. The predicted molar refractivity (Wildman–Crippen MR) is 107 cm³/mol. The van der Waals surface area contributed by atoms with Crippen molar-refractivity contribution in [3.05, 3.63) is 64.1 Å². The van der Waals surface area contributed by atoms with Crippen molar-refractivity contribution in [1.82, 2.24) is 10.6 Å². The highest BCUT2D eigenvalue weighted by Gasteiger charge is 2.05. The maximum Gasteiger partial charge on any atom is 0.191 e. The Bertz CT molecular complexity index is 738. The summed E-state index contributed by atoms with van der Waals surface area (Å²) in [5.74, 6) is 1.18. The molecule has 2 N–H and O–H groups in total. The maximum absolute atomic E-state index is 12.2. The van der Waals surface area contributed by atoms with Gasteiger partial charge in [-0.2, -0.15) is 0 Å². The molecule has 0 aromatic heterocycles. The minimum Gasteiger partial charge on any atom is -0.357 e. The van der Waals surface area contributed by atoms with Gasteiger partial charge in [-0.3, -0.25) is 4.21 Å². The van der Waals surface area contributed by atoms with Gasteiger partial charge in [0.2, 0.25) is 0 Å². The van der Waals surface area contributed by atoms with E-state index in [-0.39, 0.29) is 0 Å². The zero-order valence-corrected chi connectivity index (χ0v) is 16.3. The number of hydrogen-bond acceptors (Lipinski definition) is 2. The van der Waals surface area contributed by atoms with Gasteiger partial charge in [0.15, 0.2) is 5.96 Å². The summed E-state index contributed by atoms with van der Waals surface area (Å²) in [6.45, 7) is 3.73. The Balaban J connectivity index is 1.90. The molecular formula is C18H21Cl2N3OS. The molecule has 0 fully saturated rings. The van der Waals surface area contributed by atoms with Gasteiger partial charge < -0.3 is 10.6 Å². The number of hydrogen-bond donors (Lipinski definition) is 2. The Morgan fingerprint density at radius 2 is 1.88 bits per heavy atom. The smallest absolute Gasteiger partial charge is 0.191 e. The summed E-state index contributed by atoms with van der Waals surface area (Å²) < 4.78 is 12.2. The zero-order valence-electron chi connectivity index (χ0n) is 14.0. The molecule has 0 spiro atoms. The van der Waals surface area contributed by atoms with Crippen LogP contribution in [0, 0.1) is 0 Å². The van der Waals surface area contributed by atoms with E-state index in [1.54, 1.807) is 12.1 Å². The Hall–Kier alpha value is -1.56. The third kappa shape index (κ3) is 6.69. The molecule has 0 radical (unpaired) electrons. The van der Waals surface area contributed by atoms with Gasteiger partial charge in [-0.05, 0) is 36.8 Å². The fourth-order valence-electron chi connectivity index (χ4n) is 2.11. The van der Waals surface area contributed by atoms with Gasteiger partial charge in [0.1, 0.15) is 0 Å². The fourth-order valence-corrected chi connectivity index (χ4v) is 3.56. The summed E-state index contributed by atoms with van der Waals surface area (Å²) in [4.78, 5) is 5.34. The highest BCUT2D eigenvalue weighted by Crippen LogP contribution is 2.21. The van der Waals surface area contributed by atoms with E-state index in [1.807, 2.05) is 43.3 Å². The summed E-state index contributed by atoms with van der Waals surface area (Å²) in [7, 11) is -1.03. The number of aliphatic imine (C=N–C) groups is 1. The minimum absolute atomic E-state index is 0.438. The quantitative estimate of drug-likeness (QED) is 0.550. The summed E-state index contributed by atoms with van der Waals surface area (Å²) in [5.41, 5.74) is 0.899. The molecule has 134 valence electrons. The molecule has 0 saturated heterocycles. The van der Waals surface area contributed by atoms with Gasteiger partial charge in [-0.1, -0.05) is 47.5 Å². The van der Waals surface area contributed by atoms with Crippen LogP contribution >= 0.6 is 23.2 Å². The van der Waals surface area contributed by atoms with E-state index in [1.165, 1.54) is 0 Å². The van der Waals surface area contributed by atoms with E-state index in [0.29, 0.717) is 34.8 Å². The SMILES string of the molecule is CCNC(=NCc1ccc(Cl)cc1Cl)NCCS(=O)c1ccccc1. The molecule has 0 aliphatic heterocycles. The van der Waals surface area contributed by atoms with Crippen LogP contribution in [0.1, 0.15) is 12.5 Å². The number of halogens is 2. The highest BCUT2D eigenvalue weighted by molar-refractivity contribution is 7.85. The first-order chi connectivity index (χ1) is 12.1. The highest BCUT2D eigenvalue weighted by atomic mass is 35.5. The molecule has 25 heavy (non-hydrogen) atoms. The molecule has 0 aliphatic carbocycles. The van der Waals surface area contributed by atoms with Crippen molar-refractivity contribution in [1.29, 1.82) is 0 Å². The molecule has 0 bridgehead atoms. The molecule has 2 aromatic carbocycles. The Morgan fingerprint density at radius 3 is 2.56 bits per heavy atom. The Labute approximate surface area is 161 Å². The molecule has 1 unspecified atom stereocenters. The first kappa shape index (κ1) is 19.8. The van der Waals surface area contributed by atoms with Crippen molar-refractivity contribution in [2.24, 2.45) is 4.99 Å². The van der Waals surface area contributed by atoms with Crippen molar-refractivity contribution < 1.29 is 4.21 Å². The van der Waals surface area contributed by atoms with E-state index < -0.39 is 10.8 Å². The van der Waals surface area contributed by atoms with Crippen LogP contribution in [0.3, 0.4) is 0 Å². The molecule has 2 aromatic rings. The second-order valence-corrected chi connectivity index (χ2v) is 7.63. The van der Waals surface area contributed by atoms with Crippen LogP contribution < -0.4 is 10.6 Å². The van der Waals surface area contributed by atoms with Crippen molar-refractivity contribution >= 4 is 40.0 Å². The fraction of sp³-hybridized carbons (Fsp3) is 0.278. The second-order valence-electron chi connectivity index (χ2n) is 5.22. The van der Waals surface area contributed by atoms with E-state index in [9.17, 15) is 4.21 Å². The summed E-state index contributed by atoms with van der Waals surface area (Å²) in [6.07, 6.45) is 0. The molecule has 4 nitrogen and oxygen atoms in total. The summed E-state index contributed by atoms with van der Waals surface area (Å²) in [6, 6.07) is 14.8. The van der Waals surface area contributed by atoms with Gasteiger partial charge >= 0.3 is 0 Å². The third-order valence-corrected chi connectivity index (χ3v) is 5.31. The van der Waals surface area contributed by atoms with Crippen LogP contribution in [-0.2, 0) is 17.3 Å². The monoisotopic (exact) mass is 397 g/mol. The number of guanidine groups is 1. The van der Waals surface area contributed by atoms with Gasteiger partial charge in [0.05, 0.1) is 17.3 Å². The number of nitrogens with one attached hydrogen (secondary N) is 2. The minimum atomic E-state index is -1.03. The molecule has 0 amide bonds. The van der Waals surface area contributed by atoms with Gasteiger partial charge in [-0.15, -0.1) is 0 Å². The summed E-state index contributed by atoms with van der Waals surface area (Å²) >= 11 is 12.1. The zero-order chi connectivity index (χ0) is 18.1. The van der Waals surface area contributed by atoms with Gasteiger partial charge in [0, 0.05) is 33.8 Å². The molecule has 2 rings (SSSR count). The Kier molecular flexibility index (Phi) is 8.25. The third-order valence-electron chi connectivity index (χ3n) is 3.35. The van der Waals surface area contributed by atoms with Gasteiger partial charge in [-0.25, -0.2) is 4.99 Å². The number of rotatable bonds is 7. The van der Waals surface area contributed by atoms with Crippen LogP contribution in [0.5, 0.6) is 0 Å². The normalized spacial score (nSPS) is 12.7. The van der Waals surface area contributed by atoms with Crippen molar-refractivity contribution in [3.63, 3.8) is 0 Å².